The number of carbonyl (C=O) groups excluding carboxylic acids is 3. The molecule has 20 heavy (non-hydrogen) atoms. The number of primary amides is 1. The van der Waals surface area contributed by atoms with Gasteiger partial charge in [-0.25, -0.2) is 5.53 Å². The summed E-state index contributed by atoms with van der Waals surface area (Å²) in [6.07, 6.45) is 0.765. The molecule has 0 aliphatic carbocycles. The van der Waals surface area contributed by atoms with Crippen LogP contribution in [0.4, 0.5) is 5.69 Å². The summed E-state index contributed by atoms with van der Waals surface area (Å²) >= 11 is 0. The molecule has 8 heteroatoms. The van der Waals surface area contributed by atoms with Crippen LogP contribution in [-0.2, 0) is 9.59 Å². The van der Waals surface area contributed by atoms with Gasteiger partial charge in [0.1, 0.15) is 18.1 Å². The lowest BCUT2D eigenvalue weighted by molar-refractivity contribution is -0.120. The van der Waals surface area contributed by atoms with E-state index in [-0.39, 0.29) is 29.8 Å². The van der Waals surface area contributed by atoms with E-state index >= 15 is 0 Å². The molecule has 1 aromatic rings. The van der Waals surface area contributed by atoms with Crippen LogP contribution in [0.1, 0.15) is 23.2 Å². The van der Waals surface area contributed by atoms with Crippen molar-refractivity contribution < 1.29 is 19.5 Å². The fourth-order valence-electron chi connectivity index (χ4n) is 1.56. The first kappa shape index (κ1) is 15.3. The monoisotopic (exact) mass is 278 g/mol. The van der Waals surface area contributed by atoms with Gasteiger partial charge in [-0.05, 0) is 24.6 Å². The Balaban J connectivity index is 2.93. The summed E-state index contributed by atoms with van der Waals surface area (Å²) in [7, 11) is 0. The van der Waals surface area contributed by atoms with Crippen LogP contribution in [0, 0.1) is 5.53 Å². The minimum absolute atomic E-state index is 0.0407. The van der Waals surface area contributed by atoms with Crippen LogP contribution in [0.15, 0.2) is 23.3 Å². The number of hydrogen-bond donors (Lipinski definition) is 4. The predicted molar refractivity (Wildman–Crippen MR) is 68.7 cm³/mol. The van der Waals surface area contributed by atoms with Gasteiger partial charge in [0.25, 0.3) is 5.91 Å². The normalized spacial score (nSPS) is 11.4. The molecule has 0 aliphatic heterocycles. The van der Waals surface area contributed by atoms with Gasteiger partial charge in [0, 0.05) is 6.42 Å². The molecule has 1 aromatic carbocycles. The van der Waals surface area contributed by atoms with Crippen LogP contribution in [0.2, 0.25) is 0 Å². The van der Waals surface area contributed by atoms with Crippen LogP contribution in [0.25, 0.3) is 0 Å². The van der Waals surface area contributed by atoms with Gasteiger partial charge in [0.15, 0.2) is 0 Å². The van der Waals surface area contributed by atoms with Gasteiger partial charge in [0.2, 0.25) is 5.91 Å². The number of nitrogens with one attached hydrogen (secondary N) is 2. The van der Waals surface area contributed by atoms with Crippen LogP contribution in [-0.4, -0.2) is 29.2 Å². The van der Waals surface area contributed by atoms with Gasteiger partial charge in [-0.1, -0.05) is 0 Å². The summed E-state index contributed by atoms with van der Waals surface area (Å²) in [6, 6.07) is 2.69. The summed E-state index contributed by atoms with van der Waals surface area (Å²) in [4.78, 5) is 33.5. The lowest BCUT2D eigenvalue weighted by Crippen LogP contribution is -2.44. The zero-order valence-corrected chi connectivity index (χ0v) is 10.5. The molecule has 0 radical (unpaired) electrons. The summed E-state index contributed by atoms with van der Waals surface area (Å²) in [5, 5.41) is 14.8. The molecule has 1 rings (SSSR count). The van der Waals surface area contributed by atoms with E-state index in [9.17, 15) is 19.5 Å². The lowest BCUT2D eigenvalue weighted by atomic mass is 10.1. The van der Waals surface area contributed by atoms with Crippen LogP contribution >= 0.6 is 0 Å². The molecule has 0 heterocycles. The van der Waals surface area contributed by atoms with Crippen molar-refractivity contribution in [3.8, 4) is 5.75 Å². The van der Waals surface area contributed by atoms with Crippen LogP contribution in [0.3, 0.4) is 0 Å². The van der Waals surface area contributed by atoms with E-state index in [1.807, 2.05) is 0 Å². The number of nitrogens with zero attached hydrogens (tertiary/aromatic N) is 1. The average Bonchev–Trinajstić information content (AvgIpc) is 2.42. The largest absolute Gasteiger partial charge is 0.508 e. The molecule has 5 N–H and O–H groups in total. The topological polar surface area (TPSA) is 146 Å². The van der Waals surface area contributed by atoms with E-state index in [1.165, 1.54) is 12.1 Å². The molecule has 8 nitrogen and oxygen atoms in total. The highest BCUT2D eigenvalue weighted by Gasteiger charge is 2.20. The molecule has 106 valence electrons. The quantitative estimate of drug-likeness (QED) is 0.427. The van der Waals surface area contributed by atoms with Crippen LogP contribution in [0.5, 0.6) is 5.75 Å². The Morgan fingerprint density at radius 3 is 2.75 bits per heavy atom. The third-order valence-corrected chi connectivity index (χ3v) is 2.57. The highest BCUT2D eigenvalue weighted by Crippen LogP contribution is 2.23. The number of phenolic OH excluding ortho intramolecular Hbond substituents is 1. The smallest absolute Gasteiger partial charge is 0.254 e. The Morgan fingerprint density at radius 1 is 1.50 bits per heavy atom. The number of aldehydes is 1. The number of amides is 2. The molecule has 0 saturated carbocycles. The van der Waals surface area contributed by atoms with Gasteiger partial charge in [-0.3, -0.25) is 9.59 Å². The van der Waals surface area contributed by atoms with Crippen molar-refractivity contribution in [2.45, 2.75) is 18.9 Å². The summed E-state index contributed by atoms with van der Waals surface area (Å²) < 4.78 is 0. The number of nitrogens with two attached hydrogens (primary N) is 1. The maximum Gasteiger partial charge on any atom is 0.254 e. The Labute approximate surface area is 114 Å². The molecule has 0 spiro atoms. The molecule has 0 aromatic heterocycles. The standard InChI is InChI=1S/C12H14N4O4/c13-11(19)10(2-1-5-17)15-12(20)8-6-7(18)3-4-9(8)16-14/h3-6,10,14,18H,1-2H2,(H2,13,19)(H,15,20). The van der Waals surface area contributed by atoms with Crippen molar-refractivity contribution in [3.63, 3.8) is 0 Å². The van der Waals surface area contributed by atoms with Crippen molar-refractivity contribution in [2.24, 2.45) is 10.8 Å². The maximum absolute atomic E-state index is 12.0. The molecule has 0 fully saturated rings. The highest BCUT2D eigenvalue weighted by atomic mass is 16.3. The number of hydrogen-bond acceptors (Lipinski definition) is 6. The van der Waals surface area contributed by atoms with E-state index in [1.54, 1.807) is 0 Å². The van der Waals surface area contributed by atoms with E-state index in [0.717, 1.165) is 6.07 Å². The summed E-state index contributed by atoms with van der Waals surface area (Å²) in [6.45, 7) is 0. The minimum Gasteiger partial charge on any atom is -0.508 e. The zero-order chi connectivity index (χ0) is 15.1. The number of carbonyl (C=O) groups is 3. The van der Waals surface area contributed by atoms with Gasteiger partial charge < -0.3 is 21.0 Å². The predicted octanol–water partition coefficient (Wildman–Crippen LogP) is 0.617. The number of benzene rings is 1. The fraction of sp³-hybridized carbons (Fsp3) is 0.250. The minimum atomic E-state index is -1.01. The molecule has 0 bridgehead atoms. The zero-order valence-electron chi connectivity index (χ0n) is 10.5. The van der Waals surface area contributed by atoms with Crippen molar-refractivity contribution >= 4 is 23.8 Å². The van der Waals surface area contributed by atoms with E-state index in [0.29, 0.717) is 6.29 Å². The third kappa shape index (κ3) is 3.87. The fourth-order valence-corrected chi connectivity index (χ4v) is 1.56. The Bertz CT molecular complexity index is 544. The van der Waals surface area contributed by atoms with Crippen LogP contribution < -0.4 is 11.1 Å². The van der Waals surface area contributed by atoms with E-state index in [2.05, 4.69) is 10.4 Å². The number of phenols is 1. The Morgan fingerprint density at radius 2 is 2.20 bits per heavy atom. The molecule has 1 atom stereocenters. The third-order valence-electron chi connectivity index (χ3n) is 2.57. The van der Waals surface area contributed by atoms with Crippen molar-refractivity contribution in [1.29, 1.82) is 5.53 Å². The van der Waals surface area contributed by atoms with Gasteiger partial charge in [-0.15, -0.1) is 0 Å². The first-order valence-electron chi connectivity index (χ1n) is 5.74. The number of rotatable bonds is 7. The van der Waals surface area contributed by atoms with E-state index < -0.39 is 17.9 Å². The molecule has 1 unspecified atom stereocenters. The first-order chi connectivity index (χ1) is 9.49. The second-order valence-electron chi connectivity index (χ2n) is 3.99. The second kappa shape index (κ2) is 6.98. The molecular formula is C12H14N4O4. The summed E-state index contributed by atoms with van der Waals surface area (Å²) in [5.74, 6) is -1.66. The molecule has 0 aliphatic rings. The van der Waals surface area contributed by atoms with Crippen molar-refractivity contribution in [1.82, 2.24) is 5.32 Å². The molecule has 0 saturated heterocycles. The highest BCUT2D eigenvalue weighted by molar-refractivity contribution is 6.01. The maximum atomic E-state index is 12.0. The van der Waals surface area contributed by atoms with Gasteiger partial charge >= 0.3 is 0 Å². The first-order valence-corrected chi connectivity index (χ1v) is 5.74. The molecule has 2 amide bonds. The summed E-state index contributed by atoms with van der Waals surface area (Å²) in [5.41, 5.74) is 12.1. The molecular weight excluding hydrogens is 264 g/mol. The second-order valence-corrected chi connectivity index (χ2v) is 3.99. The number of aromatic hydroxyl groups is 1. The average molecular weight is 278 g/mol. The Kier molecular flexibility index (Phi) is 5.33. The lowest BCUT2D eigenvalue weighted by Gasteiger charge is -2.15. The van der Waals surface area contributed by atoms with Gasteiger partial charge in [-0.2, -0.15) is 5.11 Å². The van der Waals surface area contributed by atoms with Gasteiger partial charge in [0.05, 0.1) is 11.3 Å². The van der Waals surface area contributed by atoms with E-state index in [4.69, 9.17) is 11.3 Å². The van der Waals surface area contributed by atoms with Crippen molar-refractivity contribution in [3.05, 3.63) is 23.8 Å². The Hall–Kier alpha value is -2.77. The van der Waals surface area contributed by atoms with Crippen molar-refractivity contribution in [2.75, 3.05) is 0 Å². The SMILES string of the molecule is N=Nc1ccc(O)cc1C(=O)NC(CCC=O)C(N)=O.